The van der Waals surface area contributed by atoms with Crippen LogP contribution in [0.3, 0.4) is 0 Å². The van der Waals surface area contributed by atoms with Gasteiger partial charge >= 0.3 is 0 Å². The van der Waals surface area contributed by atoms with Crippen molar-refractivity contribution in [3.05, 3.63) is 11.9 Å². The number of nitrogens with zero attached hydrogens (tertiary/aromatic N) is 2. The summed E-state index contributed by atoms with van der Waals surface area (Å²) in [6.45, 7) is 9.22. The van der Waals surface area contributed by atoms with E-state index in [-0.39, 0.29) is 4.90 Å². The van der Waals surface area contributed by atoms with Gasteiger partial charge in [0, 0.05) is 6.54 Å². The van der Waals surface area contributed by atoms with Crippen LogP contribution in [0.15, 0.2) is 11.1 Å². The summed E-state index contributed by atoms with van der Waals surface area (Å²) in [5.41, 5.74) is 0.561. The Balaban J connectivity index is 2.42. The summed E-state index contributed by atoms with van der Waals surface area (Å²) in [4.78, 5) is 2.49. The third-order valence-electron chi connectivity index (χ3n) is 2.91. The molecule has 0 spiro atoms. The molecule has 7 heteroatoms. The normalized spacial score (nSPS) is 12.2. The van der Waals surface area contributed by atoms with Crippen molar-refractivity contribution in [1.82, 2.24) is 19.8 Å². The molecule has 0 bridgehead atoms. The summed E-state index contributed by atoms with van der Waals surface area (Å²) in [6, 6.07) is 0. The van der Waals surface area contributed by atoms with Gasteiger partial charge in [-0.2, -0.15) is 5.10 Å². The summed E-state index contributed by atoms with van der Waals surface area (Å²) in [7, 11) is -3.42. The number of rotatable bonds is 8. The smallest absolute Gasteiger partial charge is 0.243 e. The molecule has 0 amide bonds. The van der Waals surface area contributed by atoms with Crippen molar-refractivity contribution in [3.63, 3.8) is 0 Å². The van der Waals surface area contributed by atoms with Crippen LogP contribution >= 0.6 is 0 Å². The van der Waals surface area contributed by atoms with Crippen LogP contribution in [0.5, 0.6) is 0 Å². The van der Waals surface area contributed by atoms with Crippen LogP contribution < -0.4 is 4.72 Å². The van der Waals surface area contributed by atoms with E-state index < -0.39 is 10.0 Å². The monoisotopic (exact) mass is 274 g/mol. The molecule has 6 nitrogen and oxygen atoms in total. The first-order valence-corrected chi connectivity index (χ1v) is 7.71. The Kier molecular flexibility index (Phi) is 5.77. The number of hydrogen-bond donors (Lipinski definition) is 2. The summed E-state index contributed by atoms with van der Waals surface area (Å²) in [5, 5.41) is 6.34. The predicted molar refractivity (Wildman–Crippen MR) is 70.9 cm³/mol. The molecule has 0 fully saturated rings. The second-order valence-corrected chi connectivity index (χ2v) is 5.87. The second-order valence-electron chi connectivity index (χ2n) is 4.14. The Morgan fingerprint density at radius 1 is 1.39 bits per heavy atom. The largest absolute Gasteiger partial charge is 0.304 e. The van der Waals surface area contributed by atoms with E-state index in [4.69, 9.17) is 0 Å². The van der Waals surface area contributed by atoms with E-state index in [1.807, 2.05) is 0 Å². The second kappa shape index (κ2) is 6.86. The van der Waals surface area contributed by atoms with Gasteiger partial charge in [0.15, 0.2) is 0 Å². The lowest BCUT2D eigenvalue weighted by atomic mass is 10.4. The van der Waals surface area contributed by atoms with E-state index in [2.05, 4.69) is 33.7 Å². The average Bonchev–Trinajstić information content (AvgIpc) is 2.76. The fourth-order valence-electron chi connectivity index (χ4n) is 1.74. The summed E-state index contributed by atoms with van der Waals surface area (Å²) in [6.07, 6.45) is 2.14. The number of sulfonamides is 1. The number of hydrogen-bond acceptors (Lipinski definition) is 4. The van der Waals surface area contributed by atoms with Crippen molar-refractivity contribution in [1.29, 1.82) is 0 Å². The van der Waals surface area contributed by atoms with Crippen LogP contribution in [-0.4, -0.2) is 49.7 Å². The van der Waals surface area contributed by atoms with Crippen LogP contribution in [0, 0.1) is 6.92 Å². The van der Waals surface area contributed by atoms with Gasteiger partial charge in [-0.15, -0.1) is 0 Å². The van der Waals surface area contributed by atoms with Crippen molar-refractivity contribution >= 4 is 10.0 Å². The van der Waals surface area contributed by atoms with Crippen molar-refractivity contribution in [2.75, 3.05) is 26.2 Å². The Hall–Kier alpha value is -0.920. The van der Waals surface area contributed by atoms with Crippen molar-refractivity contribution in [2.24, 2.45) is 0 Å². The third-order valence-corrected chi connectivity index (χ3v) is 4.49. The SMILES string of the molecule is CCN(CC)CCCNS(=O)(=O)c1cn[nH]c1C. The first kappa shape index (κ1) is 15.1. The minimum Gasteiger partial charge on any atom is -0.304 e. The van der Waals surface area contributed by atoms with Crippen LogP contribution in [0.4, 0.5) is 0 Å². The Bertz CT molecular complexity index is 451. The Labute approximate surface area is 109 Å². The highest BCUT2D eigenvalue weighted by molar-refractivity contribution is 7.89. The maximum Gasteiger partial charge on any atom is 0.243 e. The van der Waals surface area contributed by atoms with Crippen molar-refractivity contribution in [2.45, 2.75) is 32.1 Å². The topological polar surface area (TPSA) is 78.1 Å². The van der Waals surface area contributed by atoms with E-state index in [1.54, 1.807) is 6.92 Å². The standard InChI is InChI=1S/C11H22N4O2S/c1-4-15(5-2)8-6-7-13-18(16,17)11-9-12-14-10(11)3/h9,13H,4-8H2,1-3H3,(H,12,14). The van der Waals surface area contributed by atoms with Gasteiger partial charge in [0.1, 0.15) is 4.90 Å². The van der Waals surface area contributed by atoms with E-state index >= 15 is 0 Å². The molecule has 1 aromatic rings. The highest BCUT2D eigenvalue weighted by atomic mass is 32.2. The van der Waals surface area contributed by atoms with Gasteiger partial charge in [0.05, 0.1) is 11.9 Å². The summed E-state index contributed by atoms with van der Waals surface area (Å²) in [5.74, 6) is 0. The van der Waals surface area contributed by atoms with E-state index in [1.165, 1.54) is 6.20 Å². The van der Waals surface area contributed by atoms with E-state index in [9.17, 15) is 8.42 Å². The first-order chi connectivity index (χ1) is 8.51. The van der Waals surface area contributed by atoms with Crippen LogP contribution in [0.25, 0.3) is 0 Å². The highest BCUT2D eigenvalue weighted by Crippen LogP contribution is 2.10. The molecule has 0 unspecified atom stereocenters. The molecule has 0 radical (unpaired) electrons. The van der Waals surface area contributed by atoms with Crippen molar-refractivity contribution < 1.29 is 8.42 Å². The van der Waals surface area contributed by atoms with Crippen LogP contribution in [0.1, 0.15) is 26.0 Å². The molecule has 0 atom stereocenters. The number of H-pyrrole nitrogens is 1. The molecule has 0 aliphatic rings. The van der Waals surface area contributed by atoms with Gasteiger partial charge < -0.3 is 4.90 Å². The molecular weight excluding hydrogens is 252 g/mol. The number of aromatic nitrogens is 2. The van der Waals surface area contributed by atoms with Crippen molar-refractivity contribution in [3.8, 4) is 0 Å². The zero-order valence-electron chi connectivity index (χ0n) is 11.2. The minimum atomic E-state index is -3.42. The van der Waals surface area contributed by atoms with Gasteiger partial charge in [0.25, 0.3) is 0 Å². The van der Waals surface area contributed by atoms with Gasteiger partial charge in [-0.25, -0.2) is 13.1 Å². The summed E-state index contributed by atoms with van der Waals surface area (Å²) < 4.78 is 26.4. The maximum absolute atomic E-state index is 11.9. The average molecular weight is 274 g/mol. The fourth-order valence-corrected chi connectivity index (χ4v) is 2.95. The molecule has 0 aliphatic heterocycles. The molecule has 2 N–H and O–H groups in total. The number of nitrogens with one attached hydrogen (secondary N) is 2. The van der Waals surface area contributed by atoms with E-state index in [0.29, 0.717) is 12.2 Å². The lowest BCUT2D eigenvalue weighted by Gasteiger charge is -2.17. The van der Waals surface area contributed by atoms with Crippen LogP contribution in [0.2, 0.25) is 0 Å². The molecule has 18 heavy (non-hydrogen) atoms. The lowest BCUT2D eigenvalue weighted by Crippen LogP contribution is -2.30. The number of aryl methyl sites for hydroxylation is 1. The van der Waals surface area contributed by atoms with Crippen LogP contribution in [-0.2, 0) is 10.0 Å². The fraction of sp³-hybridized carbons (Fsp3) is 0.727. The lowest BCUT2D eigenvalue weighted by molar-refractivity contribution is 0.300. The Morgan fingerprint density at radius 3 is 2.56 bits per heavy atom. The quantitative estimate of drug-likeness (QED) is 0.685. The zero-order chi connectivity index (χ0) is 13.6. The maximum atomic E-state index is 11.9. The molecule has 1 aromatic heterocycles. The third kappa shape index (κ3) is 4.08. The van der Waals surface area contributed by atoms with Gasteiger partial charge in [-0.05, 0) is 33.0 Å². The molecule has 0 aliphatic carbocycles. The Morgan fingerprint density at radius 2 is 2.06 bits per heavy atom. The molecule has 0 saturated heterocycles. The number of aromatic amines is 1. The van der Waals surface area contributed by atoms with E-state index in [0.717, 1.165) is 26.1 Å². The molecule has 0 saturated carbocycles. The van der Waals surface area contributed by atoms with Gasteiger partial charge in [0.2, 0.25) is 10.0 Å². The molecule has 1 rings (SSSR count). The first-order valence-electron chi connectivity index (χ1n) is 6.23. The minimum absolute atomic E-state index is 0.227. The zero-order valence-corrected chi connectivity index (χ0v) is 12.0. The summed E-state index contributed by atoms with van der Waals surface area (Å²) >= 11 is 0. The molecule has 104 valence electrons. The van der Waals surface area contributed by atoms with Gasteiger partial charge in [-0.3, -0.25) is 5.10 Å². The molecule has 0 aromatic carbocycles. The molecular formula is C11H22N4O2S. The highest BCUT2D eigenvalue weighted by Gasteiger charge is 2.17. The predicted octanol–water partition coefficient (Wildman–Crippen LogP) is 0.728. The molecule has 1 heterocycles. The van der Waals surface area contributed by atoms with Gasteiger partial charge in [-0.1, -0.05) is 13.8 Å².